The number of allylic oxidation sites excluding steroid dienone is 2. The lowest BCUT2D eigenvalue weighted by molar-refractivity contribution is -0.113. The fourth-order valence-corrected chi connectivity index (χ4v) is 4.17. The van der Waals surface area contributed by atoms with Gasteiger partial charge in [-0.05, 0) is 30.7 Å². The first kappa shape index (κ1) is 20.5. The van der Waals surface area contributed by atoms with E-state index in [9.17, 15) is 10.1 Å². The maximum absolute atomic E-state index is 13.2. The number of halogens is 1. The van der Waals surface area contributed by atoms with E-state index in [0.29, 0.717) is 38.1 Å². The van der Waals surface area contributed by atoms with Crippen LogP contribution in [0.3, 0.4) is 0 Å². The maximum Gasteiger partial charge on any atom is 0.254 e. The number of carbonyl (C=O) groups is 1. The molecule has 2 N–H and O–H groups in total. The molecule has 1 aliphatic heterocycles. The average Bonchev–Trinajstić information content (AvgIpc) is 2.72. The van der Waals surface area contributed by atoms with E-state index in [-0.39, 0.29) is 11.7 Å². The number of nitriles is 2. The number of anilines is 1. The van der Waals surface area contributed by atoms with Crippen molar-refractivity contribution in [2.75, 3.05) is 11.1 Å². The highest BCUT2D eigenvalue weighted by atomic mass is 35.5. The summed E-state index contributed by atoms with van der Waals surface area (Å²) in [5.74, 6) is -0.773. The zero-order valence-electron chi connectivity index (χ0n) is 15.6. The molecule has 0 radical (unpaired) electrons. The molecule has 1 amide bonds. The van der Waals surface area contributed by atoms with E-state index in [2.05, 4.69) is 22.8 Å². The van der Waals surface area contributed by atoms with Crippen molar-refractivity contribution in [1.82, 2.24) is 5.32 Å². The molecule has 1 atom stereocenters. The van der Waals surface area contributed by atoms with Crippen molar-refractivity contribution in [3.8, 4) is 12.1 Å². The molecule has 0 unspecified atom stereocenters. The van der Waals surface area contributed by atoms with E-state index in [1.807, 2.05) is 30.3 Å². The summed E-state index contributed by atoms with van der Waals surface area (Å²) in [5.41, 5.74) is 2.72. The molecule has 5 nitrogen and oxygen atoms in total. The zero-order chi connectivity index (χ0) is 20.8. The summed E-state index contributed by atoms with van der Waals surface area (Å²) in [5, 5.41) is 25.9. The molecule has 0 aromatic heterocycles. The Kier molecular flexibility index (Phi) is 6.61. The van der Waals surface area contributed by atoms with Gasteiger partial charge < -0.3 is 10.6 Å². The van der Waals surface area contributed by atoms with Crippen molar-refractivity contribution in [2.45, 2.75) is 12.8 Å². The molecule has 0 saturated carbocycles. The fourth-order valence-electron chi connectivity index (χ4n) is 3.17. The lowest BCUT2D eigenvalue weighted by Gasteiger charge is -2.30. The van der Waals surface area contributed by atoms with Crippen LogP contribution in [0.1, 0.15) is 18.4 Å². The molecule has 0 bridgehead atoms. The molecule has 1 heterocycles. The van der Waals surface area contributed by atoms with Crippen LogP contribution >= 0.6 is 23.4 Å². The lowest BCUT2D eigenvalue weighted by atomic mass is 9.82. The normalized spacial score (nSPS) is 15.9. The molecule has 29 heavy (non-hydrogen) atoms. The van der Waals surface area contributed by atoms with Crippen LogP contribution in [0.5, 0.6) is 0 Å². The van der Waals surface area contributed by atoms with Gasteiger partial charge in [0.25, 0.3) is 5.91 Å². The second kappa shape index (κ2) is 9.34. The van der Waals surface area contributed by atoms with Crippen LogP contribution in [0, 0.1) is 22.7 Å². The minimum absolute atomic E-state index is 0.182. The van der Waals surface area contributed by atoms with Gasteiger partial charge in [-0.15, -0.1) is 0 Å². The summed E-state index contributed by atoms with van der Waals surface area (Å²) >= 11 is 7.68. The Bertz CT molecular complexity index is 1080. The smallest absolute Gasteiger partial charge is 0.254 e. The lowest BCUT2D eigenvalue weighted by Crippen LogP contribution is -2.30. The van der Waals surface area contributed by atoms with Gasteiger partial charge in [-0.2, -0.15) is 10.5 Å². The Hall–Kier alpha value is -3.19. The van der Waals surface area contributed by atoms with E-state index < -0.39 is 5.92 Å². The first-order valence-corrected chi connectivity index (χ1v) is 10.2. The van der Waals surface area contributed by atoms with Crippen molar-refractivity contribution in [3.05, 3.63) is 87.1 Å². The topological polar surface area (TPSA) is 88.7 Å². The van der Waals surface area contributed by atoms with E-state index in [1.54, 1.807) is 31.2 Å². The van der Waals surface area contributed by atoms with Gasteiger partial charge in [0.15, 0.2) is 0 Å². The van der Waals surface area contributed by atoms with E-state index in [1.165, 1.54) is 11.8 Å². The first-order valence-electron chi connectivity index (χ1n) is 8.79. The van der Waals surface area contributed by atoms with Crippen LogP contribution in [0.25, 0.3) is 0 Å². The van der Waals surface area contributed by atoms with E-state index in [4.69, 9.17) is 16.9 Å². The molecule has 7 heteroatoms. The van der Waals surface area contributed by atoms with E-state index >= 15 is 0 Å². The van der Waals surface area contributed by atoms with Crippen LogP contribution in [0.15, 0.2) is 76.5 Å². The Morgan fingerprint density at radius 2 is 1.86 bits per heavy atom. The summed E-state index contributed by atoms with van der Waals surface area (Å²) in [6.45, 7) is 1.78. The van der Waals surface area contributed by atoms with Gasteiger partial charge in [0.2, 0.25) is 0 Å². The second-order valence-corrected chi connectivity index (χ2v) is 7.63. The number of carbonyl (C=O) groups excluding carboxylic acids is 1. The second-order valence-electron chi connectivity index (χ2n) is 6.24. The standard InChI is InChI=1S/C22H17ClN4OS/c1-14-19(21(28)27-15-7-3-2-4-8-15)20(16-9-5-6-10-18(16)23)17(13-25)22(26-14)29-12-11-24/h2-10,20,26H,12H2,1H3,(H,27,28)/t20-/m0/s1. The van der Waals surface area contributed by atoms with Crippen molar-refractivity contribution >= 4 is 35.0 Å². The molecule has 2 aromatic rings. The third kappa shape index (κ3) is 4.46. The first-order chi connectivity index (χ1) is 14.1. The van der Waals surface area contributed by atoms with Gasteiger partial charge in [-0.3, -0.25) is 4.79 Å². The number of hydrogen-bond donors (Lipinski definition) is 2. The molecule has 3 rings (SSSR count). The molecule has 2 aromatic carbocycles. The number of hydrogen-bond acceptors (Lipinski definition) is 5. The average molecular weight is 421 g/mol. The van der Waals surface area contributed by atoms with E-state index in [0.717, 1.165) is 0 Å². The largest absolute Gasteiger partial charge is 0.353 e. The predicted molar refractivity (Wildman–Crippen MR) is 116 cm³/mol. The zero-order valence-corrected chi connectivity index (χ0v) is 17.1. The Balaban J connectivity index is 2.10. The minimum Gasteiger partial charge on any atom is -0.353 e. The number of amides is 1. The van der Waals surface area contributed by atoms with Crippen molar-refractivity contribution in [2.24, 2.45) is 0 Å². The van der Waals surface area contributed by atoms with Gasteiger partial charge in [0.1, 0.15) is 0 Å². The number of para-hydroxylation sites is 1. The van der Waals surface area contributed by atoms with Crippen molar-refractivity contribution in [3.63, 3.8) is 0 Å². The highest BCUT2D eigenvalue weighted by Gasteiger charge is 2.35. The summed E-state index contributed by atoms with van der Waals surface area (Å²) < 4.78 is 0. The minimum atomic E-state index is -0.639. The van der Waals surface area contributed by atoms with Crippen molar-refractivity contribution in [1.29, 1.82) is 10.5 Å². The van der Waals surface area contributed by atoms with Crippen molar-refractivity contribution < 1.29 is 4.79 Å². The monoisotopic (exact) mass is 420 g/mol. The van der Waals surface area contributed by atoms with Crippen LogP contribution in [-0.4, -0.2) is 11.7 Å². The molecular formula is C22H17ClN4OS. The molecule has 0 saturated heterocycles. The molecular weight excluding hydrogens is 404 g/mol. The molecule has 1 aliphatic rings. The highest BCUT2D eigenvalue weighted by Crippen LogP contribution is 2.43. The summed E-state index contributed by atoms with van der Waals surface area (Å²) in [7, 11) is 0. The predicted octanol–water partition coefficient (Wildman–Crippen LogP) is 4.93. The number of thioether (sulfide) groups is 1. The van der Waals surface area contributed by atoms with Gasteiger partial charge in [0.05, 0.1) is 34.4 Å². The van der Waals surface area contributed by atoms with Crippen LogP contribution in [0.2, 0.25) is 5.02 Å². The van der Waals surface area contributed by atoms with Gasteiger partial charge in [-0.1, -0.05) is 59.8 Å². The molecule has 0 aliphatic carbocycles. The van der Waals surface area contributed by atoms with Gasteiger partial charge in [0, 0.05) is 22.0 Å². The van der Waals surface area contributed by atoms with Crippen LogP contribution in [0.4, 0.5) is 5.69 Å². The third-order valence-corrected chi connectivity index (χ3v) is 5.65. The number of nitrogens with one attached hydrogen (secondary N) is 2. The maximum atomic E-state index is 13.2. The van der Waals surface area contributed by atoms with Crippen LogP contribution in [-0.2, 0) is 4.79 Å². The van der Waals surface area contributed by atoms with Gasteiger partial charge in [-0.25, -0.2) is 0 Å². The van der Waals surface area contributed by atoms with Crippen LogP contribution < -0.4 is 10.6 Å². The highest BCUT2D eigenvalue weighted by molar-refractivity contribution is 8.03. The molecule has 0 fully saturated rings. The third-order valence-electron chi connectivity index (χ3n) is 4.42. The molecule has 0 spiro atoms. The molecule has 144 valence electrons. The number of dihydropyridines is 1. The fraction of sp³-hybridized carbons (Fsp3) is 0.136. The number of benzene rings is 2. The number of nitrogens with zero attached hydrogens (tertiary/aromatic N) is 2. The number of rotatable bonds is 5. The Labute approximate surface area is 178 Å². The quantitative estimate of drug-likeness (QED) is 0.715. The summed E-state index contributed by atoms with van der Waals surface area (Å²) in [4.78, 5) is 13.2. The van der Waals surface area contributed by atoms with Gasteiger partial charge >= 0.3 is 0 Å². The Morgan fingerprint density at radius 1 is 1.17 bits per heavy atom. The summed E-state index contributed by atoms with van der Waals surface area (Å²) in [6.07, 6.45) is 0. The SMILES string of the molecule is CC1=C(C(=O)Nc2ccccc2)[C@@H](c2ccccc2Cl)C(C#N)=C(SCC#N)N1. The summed E-state index contributed by atoms with van der Waals surface area (Å²) in [6, 6.07) is 20.6. The Morgan fingerprint density at radius 3 is 2.52 bits per heavy atom.